The lowest BCUT2D eigenvalue weighted by atomic mass is 10.1. The van der Waals surface area contributed by atoms with Crippen LogP contribution in [0.1, 0.15) is 157 Å². The van der Waals surface area contributed by atoms with Gasteiger partial charge in [-0.2, -0.15) is 0 Å². The van der Waals surface area contributed by atoms with Crippen LogP contribution >= 0.6 is 0 Å². The Morgan fingerprint density at radius 2 is 0.635 bits per heavy atom. The van der Waals surface area contributed by atoms with Crippen molar-refractivity contribution in [3.05, 3.63) is 192 Å². The van der Waals surface area contributed by atoms with E-state index in [4.69, 9.17) is 28.4 Å². The minimum absolute atomic E-state index is 0.256. The summed E-state index contributed by atoms with van der Waals surface area (Å²) in [4.78, 5) is 52.0. The molecule has 0 bridgehead atoms. The van der Waals surface area contributed by atoms with Crippen molar-refractivity contribution in [1.82, 2.24) is 0 Å². The van der Waals surface area contributed by atoms with Gasteiger partial charge in [-0.3, -0.25) is 0 Å². The third-order valence-electron chi connectivity index (χ3n) is 12.7. The largest absolute Gasteiger partial charge is 0.494 e. The molecule has 10 heteroatoms. The Kier molecular flexibility index (Phi) is 21.7. The molecule has 0 aliphatic carbocycles. The summed E-state index contributed by atoms with van der Waals surface area (Å²) in [6.45, 7) is 3.51. The van der Waals surface area contributed by atoms with E-state index >= 15 is 0 Å². The fourth-order valence-electron chi connectivity index (χ4n) is 8.44. The molecule has 0 fully saturated rings. The number of unbranched alkanes of at least 4 members (excludes halogenated alkanes) is 14. The van der Waals surface area contributed by atoms with Gasteiger partial charge < -0.3 is 28.4 Å². The first kappa shape index (κ1) is 54.1. The molecule has 10 nitrogen and oxygen atoms in total. The highest BCUT2D eigenvalue weighted by Crippen LogP contribution is 2.28. The van der Waals surface area contributed by atoms with Gasteiger partial charge in [0.25, 0.3) is 0 Å². The Morgan fingerprint density at radius 1 is 0.311 bits per heavy atom. The molecule has 0 aliphatic heterocycles. The van der Waals surface area contributed by atoms with E-state index in [0.717, 1.165) is 37.5 Å². The van der Waals surface area contributed by atoms with Gasteiger partial charge >= 0.3 is 23.9 Å². The molecule has 0 aromatic heterocycles. The molecule has 74 heavy (non-hydrogen) atoms. The SMILES string of the molecule is CCCCCCCCCCCCOc1ccc(C(=O)Oc2ccc(C(=O)Oc3ccc4ccc(OC(=O)c5ccc(OC(=O)c6ccc(OCCCCCCCCc7ccccc7)cc6)cc5)cc4c3)cc2)cc1. The van der Waals surface area contributed by atoms with Gasteiger partial charge in [0.15, 0.2) is 0 Å². The maximum atomic E-state index is 13.1. The van der Waals surface area contributed by atoms with Gasteiger partial charge in [0.05, 0.1) is 35.5 Å². The number of rotatable bonds is 30. The molecule has 0 radical (unpaired) electrons. The lowest BCUT2D eigenvalue weighted by Crippen LogP contribution is -2.10. The zero-order chi connectivity index (χ0) is 51.6. The molecule has 384 valence electrons. The van der Waals surface area contributed by atoms with Crippen molar-refractivity contribution in [2.45, 2.75) is 116 Å². The number of hydrogen-bond donors (Lipinski definition) is 0. The summed E-state index contributed by atoms with van der Waals surface area (Å²) in [6, 6.07) is 46.9. The molecular weight excluding hydrogens is 929 g/mol. The van der Waals surface area contributed by atoms with Crippen molar-refractivity contribution < 1.29 is 47.6 Å². The Hall–Kier alpha value is -7.72. The average Bonchev–Trinajstić information content (AvgIpc) is 3.42. The van der Waals surface area contributed by atoms with Crippen LogP contribution in [0.15, 0.2) is 164 Å². The molecular formula is C64H68O10. The number of aryl methyl sites for hydroxylation is 1. The van der Waals surface area contributed by atoms with Crippen molar-refractivity contribution in [3.63, 3.8) is 0 Å². The van der Waals surface area contributed by atoms with E-state index in [1.807, 2.05) is 0 Å². The van der Waals surface area contributed by atoms with Crippen molar-refractivity contribution in [3.8, 4) is 34.5 Å². The van der Waals surface area contributed by atoms with Gasteiger partial charge in [-0.1, -0.05) is 133 Å². The maximum absolute atomic E-state index is 13.1. The highest BCUT2D eigenvalue weighted by Gasteiger charge is 2.15. The number of carbonyl (C=O) groups excluding carboxylic acids is 4. The lowest BCUT2D eigenvalue weighted by molar-refractivity contribution is 0.0720. The maximum Gasteiger partial charge on any atom is 0.343 e. The van der Waals surface area contributed by atoms with Crippen LogP contribution in [-0.4, -0.2) is 37.1 Å². The van der Waals surface area contributed by atoms with E-state index in [1.165, 1.54) is 131 Å². The Morgan fingerprint density at radius 3 is 1.03 bits per heavy atom. The summed E-state index contributed by atoms with van der Waals surface area (Å²) < 4.78 is 34.2. The average molecular weight is 997 g/mol. The quantitative estimate of drug-likeness (QED) is 0.0244. The standard InChI is InChI=1S/C64H68O10/c1-2-3-4-5-6-7-8-10-13-19-44-69-55-34-26-50(27-35-55)61(65)71-57-38-30-52(31-39-57)63(67)73-59-42-24-49-25-43-60(47-54(49)46-59)74-64(68)53-32-40-58(41-33-53)72-62(66)51-28-36-56(37-29-51)70-45-20-14-11-9-12-16-21-48-22-17-15-18-23-48/h15,17-18,22-43,46-47H,2-14,16,19-21,44-45H2,1H3. The summed E-state index contributed by atoms with van der Waals surface area (Å²) in [5, 5.41) is 1.51. The fourth-order valence-corrected chi connectivity index (χ4v) is 8.44. The topological polar surface area (TPSA) is 124 Å². The lowest BCUT2D eigenvalue weighted by Gasteiger charge is -2.10. The minimum atomic E-state index is -0.606. The third kappa shape index (κ3) is 18.1. The van der Waals surface area contributed by atoms with Gasteiger partial charge in [0, 0.05) is 0 Å². The third-order valence-corrected chi connectivity index (χ3v) is 12.7. The normalized spacial score (nSPS) is 10.9. The Labute approximate surface area is 435 Å². The van der Waals surface area contributed by atoms with E-state index in [0.29, 0.717) is 41.2 Å². The van der Waals surface area contributed by atoms with Gasteiger partial charge in [-0.25, -0.2) is 19.2 Å². The van der Waals surface area contributed by atoms with Gasteiger partial charge in [-0.15, -0.1) is 0 Å². The van der Waals surface area contributed by atoms with Crippen molar-refractivity contribution in [2.75, 3.05) is 13.2 Å². The van der Waals surface area contributed by atoms with Crippen LogP contribution in [-0.2, 0) is 6.42 Å². The molecule has 0 atom stereocenters. The number of hydrogen-bond acceptors (Lipinski definition) is 10. The molecule has 0 unspecified atom stereocenters. The highest BCUT2D eigenvalue weighted by atomic mass is 16.5. The molecule has 0 spiro atoms. The Balaban J connectivity index is 0.791. The molecule has 0 saturated carbocycles. The van der Waals surface area contributed by atoms with E-state index in [1.54, 1.807) is 84.9 Å². The van der Waals surface area contributed by atoms with Crippen LogP contribution in [0, 0.1) is 0 Å². The second kappa shape index (κ2) is 29.7. The second-order valence-corrected chi connectivity index (χ2v) is 18.6. The van der Waals surface area contributed by atoms with Gasteiger partial charge in [-0.05, 0) is 163 Å². The number of fused-ring (bicyclic) bond motifs is 1. The number of benzene rings is 7. The number of esters is 4. The van der Waals surface area contributed by atoms with E-state index in [-0.39, 0.29) is 34.1 Å². The highest BCUT2D eigenvalue weighted by molar-refractivity contribution is 5.95. The molecule has 0 heterocycles. The Bertz CT molecular complexity index is 2820. The summed E-state index contributed by atoms with van der Waals surface area (Å²) in [5.41, 5.74) is 2.67. The number of carbonyl (C=O) groups is 4. The van der Waals surface area contributed by atoms with E-state index in [9.17, 15) is 19.2 Å². The molecule has 7 aromatic rings. The zero-order valence-corrected chi connectivity index (χ0v) is 42.6. The number of ether oxygens (including phenoxy) is 6. The zero-order valence-electron chi connectivity index (χ0n) is 42.6. The van der Waals surface area contributed by atoms with Crippen LogP contribution in [0.5, 0.6) is 34.5 Å². The van der Waals surface area contributed by atoms with Crippen molar-refractivity contribution in [1.29, 1.82) is 0 Å². The molecule has 7 rings (SSSR count). The minimum Gasteiger partial charge on any atom is -0.494 e. The second-order valence-electron chi connectivity index (χ2n) is 18.6. The van der Waals surface area contributed by atoms with E-state index in [2.05, 4.69) is 37.3 Å². The predicted molar refractivity (Wildman–Crippen MR) is 290 cm³/mol. The predicted octanol–water partition coefficient (Wildman–Crippen LogP) is 16.0. The summed E-state index contributed by atoms with van der Waals surface area (Å²) in [7, 11) is 0. The first-order valence-electron chi connectivity index (χ1n) is 26.4. The molecule has 0 amide bonds. The monoisotopic (exact) mass is 996 g/mol. The van der Waals surface area contributed by atoms with Gasteiger partial charge in [0.1, 0.15) is 34.5 Å². The first-order chi connectivity index (χ1) is 36.3. The van der Waals surface area contributed by atoms with Crippen LogP contribution in [0.3, 0.4) is 0 Å². The van der Waals surface area contributed by atoms with Crippen molar-refractivity contribution in [2.24, 2.45) is 0 Å². The molecule has 0 saturated heterocycles. The molecule has 7 aromatic carbocycles. The van der Waals surface area contributed by atoms with Crippen LogP contribution in [0.4, 0.5) is 0 Å². The van der Waals surface area contributed by atoms with Crippen LogP contribution in [0.2, 0.25) is 0 Å². The summed E-state index contributed by atoms with van der Waals surface area (Å²) in [6.07, 6.45) is 20.7. The molecule has 0 aliphatic rings. The summed E-state index contributed by atoms with van der Waals surface area (Å²) >= 11 is 0. The summed E-state index contributed by atoms with van der Waals surface area (Å²) in [5.74, 6) is 0.257. The van der Waals surface area contributed by atoms with E-state index < -0.39 is 23.9 Å². The molecule has 0 N–H and O–H groups in total. The first-order valence-corrected chi connectivity index (χ1v) is 26.4. The van der Waals surface area contributed by atoms with Crippen molar-refractivity contribution >= 4 is 34.6 Å². The van der Waals surface area contributed by atoms with Gasteiger partial charge in [0.2, 0.25) is 0 Å². The van der Waals surface area contributed by atoms with Crippen LogP contribution < -0.4 is 28.4 Å². The smallest absolute Gasteiger partial charge is 0.343 e. The van der Waals surface area contributed by atoms with Crippen LogP contribution in [0.25, 0.3) is 10.8 Å². The fraction of sp³-hybridized carbons (Fsp3) is 0.312.